The van der Waals surface area contributed by atoms with Crippen LogP contribution in [0.15, 0.2) is 24.3 Å². The zero-order valence-electron chi connectivity index (χ0n) is 8.78. The molecule has 1 heterocycles. The van der Waals surface area contributed by atoms with Gasteiger partial charge in [0.25, 0.3) is 0 Å². The van der Waals surface area contributed by atoms with Crippen LogP contribution in [0.5, 0.6) is 0 Å². The quantitative estimate of drug-likeness (QED) is 0.683. The number of carbonyl (C=O) groups excluding carboxylic acids is 1. The van der Waals surface area contributed by atoms with Gasteiger partial charge in [-0.2, -0.15) is 0 Å². The molecule has 1 aromatic rings. The minimum atomic E-state index is 0.295. The van der Waals surface area contributed by atoms with E-state index in [1.165, 1.54) is 31.2 Å². The number of fused-ring (bicyclic) bond motifs is 1. The molecule has 1 aliphatic heterocycles. The van der Waals surface area contributed by atoms with Gasteiger partial charge in [0.05, 0.1) is 6.42 Å². The molecule has 2 nitrogen and oxygen atoms in total. The maximum absolute atomic E-state index is 11.9. The Kier molecular flexibility index (Phi) is 2.01. The lowest BCUT2D eigenvalue weighted by Gasteiger charge is -2.24. The molecule has 15 heavy (non-hydrogen) atoms. The highest BCUT2D eigenvalue weighted by Gasteiger charge is 2.33. The van der Waals surface area contributed by atoms with Crippen LogP contribution in [0.25, 0.3) is 0 Å². The Labute approximate surface area is 89.9 Å². The smallest absolute Gasteiger partial charge is 0.231 e. The van der Waals surface area contributed by atoms with Gasteiger partial charge < -0.3 is 4.90 Å². The standard InChI is InChI=1S/C13H15NO/c15-13-9-10-5-1-4-8-12(10)14(13)11-6-2-3-7-11/h1,4-5,8,11H,2-3,6-7,9H2. The van der Waals surface area contributed by atoms with E-state index in [1.54, 1.807) is 0 Å². The second-order valence-corrected chi connectivity index (χ2v) is 4.51. The van der Waals surface area contributed by atoms with Crippen molar-refractivity contribution in [3.63, 3.8) is 0 Å². The molecule has 0 saturated heterocycles. The summed E-state index contributed by atoms with van der Waals surface area (Å²) < 4.78 is 0. The summed E-state index contributed by atoms with van der Waals surface area (Å²) >= 11 is 0. The number of rotatable bonds is 1. The number of benzene rings is 1. The van der Waals surface area contributed by atoms with Gasteiger partial charge in [0.15, 0.2) is 0 Å². The maximum atomic E-state index is 11.9. The average Bonchev–Trinajstić information content (AvgIpc) is 2.82. The van der Waals surface area contributed by atoms with Gasteiger partial charge in [-0.25, -0.2) is 0 Å². The van der Waals surface area contributed by atoms with Crippen LogP contribution in [0.1, 0.15) is 31.2 Å². The van der Waals surface area contributed by atoms with Crippen LogP contribution < -0.4 is 4.90 Å². The van der Waals surface area contributed by atoms with Gasteiger partial charge in [0.1, 0.15) is 0 Å². The number of anilines is 1. The lowest BCUT2D eigenvalue weighted by atomic mass is 10.1. The normalized spacial score (nSPS) is 21.1. The molecule has 0 unspecified atom stereocenters. The predicted molar refractivity (Wildman–Crippen MR) is 59.9 cm³/mol. The first-order valence-corrected chi connectivity index (χ1v) is 5.76. The van der Waals surface area contributed by atoms with Crippen molar-refractivity contribution < 1.29 is 4.79 Å². The predicted octanol–water partition coefficient (Wildman–Crippen LogP) is 2.52. The molecular formula is C13H15NO. The van der Waals surface area contributed by atoms with E-state index in [2.05, 4.69) is 12.1 Å². The second kappa shape index (κ2) is 3.37. The highest BCUT2D eigenvalue weighted by atomic mass is 16.2. The van der Waals surface area contributed by atoms with Crippen molar-refractivity contribution in [2.24, 2.45) is 0 Å². The van der Waals surface area contributed by atoms with Gasteiger partial charge in [0, 0.05) is 11.7 Å². The first kappa shape index (κ1) is 8.96. The van der Waals surface area contributed by atoms with E-state index in [-0.39, 0.29) is 0 Å². The van der Waals surface area contributed by atoms with Crippen LogP contribution in [0.4, 0.5) is 5.69 Å². The monoisotopic (exact) mass is 201 g/mol. The summed E-state index contributed by atoms with van der Waals surface area (Å²) in [5.41, 5.74) is 2.36. The molecule has 1 aromatic carbocycles. The first-order chi connectivity index (χ1) is 7.36. The Bertz CT molecular complexity index is 393. The molecule has 1 saturated carbocycles. The Morgan fingerprint density at radius 3 is 2.67 bits per heavy atom. The van der Waals surface area contributed by atoms with E-state index in [0.717, 1.165) is 5.69 Å². The third-order valence-electron chi connectivity index (χ3n) is 3.55. The van der Waals surface area contributed by atoms with E-state index >= 15 is 0 Å². The van der Waals surface area contributed by atoms with Crippen molar-refractivity contribution in [3.8, 4) is 0 Å². The van der Waals surface area contributed by atoms with E-state index in [1.807, 2.05) is 17.0 Å². The number of para-hydroxylation sites is 1. The van der Waals surface area contributed by atoms with Crippen molar-refractivity contribution in [3.05, 3.63) is 29.8 Å². The van der Waals surface area contributed by atoms with Crippen LogP contribution >= 0.6 is 0 Å². The van der Waals surface area contributed by atoms with E-state index < -0.39 is 0 Å². The average molecular weight is 201 g/mol. The molecule has 0 N–H and O–H groups in total. The SMILES string of the molecule is O=C1Cc2ccccc2N1C1CCCC1. The molecule has 0 aromatic heterocycles. The molecular weight excluding hydrogens is 186 g/mol. The lowest BCUT2D eigenvalue weighted by Crippen LogP contribution is -2.35. The Hall–Kier alpha value is -1.31. The Morgan fingerprint density at radius 1 is 1.13 bits per heavy atom. The fourth-order valence-electron chi connectivity index (χ4n) is 2.84. The summed E-state index contributed by atoms with van der Waals surface area (Å²) in [5.74, 6) is 0.295. The molecule has 2 aliphatic rings. The highest BCUT2D eigenvalue weighted by Crippen LogP contribution is 2.35. The fraction of sp³-hybridized carbons (Fsp3) is 0.462. The molecule has 3 rings (SSSR count). The number of hydrogen-bond donors (Lipinski definition) is 0. The number of nitrogens with zero attached hydrogens (tertiary/aromatic N) is 1. The van der Waals surface area contributed by atoms with E-state index in [0.29, 0.717) is 18.4 Å². The third-order valence-corrected chi connectivity index (χ3v) is 3.55. The van der Waals surface area contributed by atoms with Crippen LogP contribution in [0.2, 0.25) is 0 Å². The molecule has 0 atom stereocenters. The summed E-state index contributed by atoms with van der Waals surface area (Å²) in [6.07, 6.45) is 5.51. The number of carbonyl (C=O) groups is 1. The van der Waals surface area contributed by atoms with Gasteiger partial charge in [-0.05, 0) is 24.5 Å². The zero-order valence-corrected chi connectivity index (χ0v) is 8.78. The van der Waals surface area contributed by atoms with Crippen LogP contribution in [0, 0.1) is 0 Å². The Morgan fingerprint density at radius 2 is 1.87 bits per heavy atom. The molecule has 1 fully saturated rings. The van der Waals surface area contributed by atoms with Gasteiger partial charge in [-0.3, -0.25) is 4.79 Å². The molecule has 0 bridgehead atoms. The second-order valence-electron chi connectivity index (χ2n) is 4.51. The van der Waals surface area contributed by atoms with Crippen molar-refractivity contribution in [1.82, 2.24) is 0 Å². The summed E-state index contributed by atoms with van der Waals surface area (Å²) in [4.78, 5) is 14.0. The third kappa shape index (κ3) is 1.36. The number of hydrogen-bond acceptors (Lipinski definition) is 1. The summed E-state index contributed by atoms with van der Waals surface area (Å²) in [5, 5.41) is 0. The summed E-state index contributed by atoms with van der Waals surface area (Å²) in [7, 11) is 0. The highest BCUT2D eigenvalue weighted by molar-refractivity contribution is 6.01. The molecule has 1 amide bonds. The van der Waals surface area contributed by atoms with E-state index in [9.17, 15) is 4.79 Å². The molecule has 0 radical (unpaired) electrons. The van der Waals surface area contributed by atoms with Crippen LogP contribution in [-0.2, 0) is 11.2 Å². The van der Waals surface area contributed by atoms with Crippen molar-refractivity contribution in [2.75, 3.05) is 4.90 Å². The van der Waals surface area contributed by atoms with Gasteiger partial charge >= 0.3 is 0 Å². The largest absolute Gasteiger partial charge is 0.309 e. The summed E-state index contributed by atoms with van der Waals surface area (Å²) in [6.45, 7) is 0. The van der Waals surface area contributed by atoms with Crippen molar-refractivity contribution in [1.29, 1.82) is 0 Å². The first-order valence-electron chi connectivity index (χ1n) is 5.76. The zero-order chi connectivity index (χ0) is 10.3. The minimum absolute atomic E-state index is 0.295. The van der Waals surface area contributed by atoms with E-state index in [4.69, 9.17) is 0 Å². The Balaban J connectivity index is 1.98. The number of amides is 1. The minimum Gasteiger partial charge on any atom is -0.309 e. The fourth-order valence-corrected chi connectivity index (χ4v) is 2.84. The molecule has 0 spiro atoms. The lowest BCUT2D eigenvalue weighted by molar-refractivity contribution is -0.117. The van der Waals surface area contributed by atoms with Crippen LogP contribution in [-0.4, -0.2) is 11.9 Å². The van der Waals surface area contributed by atoms with Crippen molar-refractivity contribution >= 4 is 11.6 Å². The molecule has 1 aliphatic carbocycles. The molecule has 2 heteroatoms. The van der Waals surface area contributed by atoms with Crippen molar-refractivity contribution in [2.45, 2.75) is 38.1 Å². The maximum Gasteiger partial charge on any atom is 0.231 e. The molecule has 78 valence electrons. The van der Waals surface area contributed by atoms with Gasteiger partial charge in [0.2, 0.25) is 5.91 Å². The topological polar surface area (TPSA) is 20.3 Å². The van der Waals surface area contributed by atoms with Crippen LogP contribution in [0.3, 0.4) is 0 Å². The van der Waals surface area contributed by atoms with Gasteiger partial charge in [-0.15, -0.1) is 0 Å². The summed E-state index contributed by atoms with van der Waals surface area (Å²) in [6, 6.07) is 8.67. The van der Waals surface area contributed by atoms with Gasteiger partial charge in [-0.1, -0.05) is 31.0 Å².